The Morgan fingerprint density at radius 3 is 2.68 bits per heavy atom. The molecular formula is C17H19N3O2. The third kappa shape index (κ3) is 3.03. The molecular weight excluding hydrogens is 278 g/mol. The quantitative estimate of drug-likeness (QED) is 0.871. The number of benzene rings is 1. The molecule has 2 aromatic rings. The zero-order valence-electron chi connectivity index (χ0n) is 12.8. The lowest BCUT2D eigenvalue weighted by Crippen LogP contribution is -2.26. The first-order valence-electron chi connectivity index (χ1n) is 7.33. The largest absolute Gasteiger partial charge is 0.467 e. The summed E-state index contributed by atoms with van der Waals surface area (Å²) in [6.07, 6.45) is 2.60. The molecule has 1 aliphatic rings. The first-order valence-corrected chi connectivity index (χ1v) is 7.33. The van der Waals surface area contributed by atoms with Crippen molar-refractivity contribution in [3.05, 3.63) is 54.0 Å². The van der Waals surface area contributed by atoms with Crippen molar-refractivity contribution in [1.29, 1.82) is 0 Å². The van der Waals surface area contributed by atoms with E-state index in [9.17, 15) is 4.79 Å². The van der Waals surface area contributed by atoms with Crippen LogP contribution in [0.3, 0.4) is 0 Å². The second-order valence-electron chi connectivity index (χ2n) is 5.50. The van der Waals surface area contributed by atoms with Crippen molar-refractivity contribution < 1.29 is 9.21 Å². The Balaban J connectivity index is 1.68. The van der Waals surface area contributed by atoms with E-state index in [0.29, 0.717) is 12.1 Å². The predicted octanol–water partition coefficient (Wildman–Crippen LogP) is 3.14. The van der Waals surface area contributed by atoms with E-state index in [1.807, 2.05) is 48.3 Å². The van der Waals surface area contributed by atoms with Gasteiger partial charge in [0.05, 0.1) is 18.5 Å². The number of nitrogens with zero attached hydrogens (tertiary/aromatic N) is 3. The van der Waals surface area contributed by atoms with Gasteiger partial charge in [0.25, 0.3) is 5.91 Å². The van der Waals surface area contributed by atoms with Crippen LogP contribution in [0, 0.1) is 0 Å². The molecule has 0 aliphatic carbocycles. The van der Waals surface area contributed by atoms with Crippen LogP contribution in [0.1, 0.15) is 29.5 Å². The number of hydrogen-bond donors (Lipinski definition) is 0. The second-order valence-corrected chi connectivity index (χ2v) is 5.50. The molecule has 0 radical (unpaired) electrons. The molecule has 0 N–H and O–H groups in total. The highest BCUT2D eigenvalue weighted by molar-refractivity contribution is 5.94. The Hall–Kier alpha value is -2.56. The van der Waals surface area contributed by atoms with Gasteiger partial charge in [-0.05, 0) is 43.3 Å². The first-order chi connectivity index (χ1) is 10.6. The normalized spacial score (nSPS) is 14.1. The van der Waals surface area contributed by atoms with Crippen LogP contribution in [0.25, 0.3) is 0 Å². The van der Waals surface area contributed by atoms with Crippen LogP contribution in [0.15, 0.2) is 52.2 Å². The molecule has 0 bridgehead atoms. The molecule has 5 nitrogen and oxygen atoms in total. The summed E-state index contributed by atoms with van der Waals surface area (Å²) >= 11 is 0. The highest BCUT2D eigenvalue weighted by Crippen LogP contribution is 2.20. The fourth-order valence-corrected chi connectivity index (χ4v) is 2.47. The van der Waals surface area contributed by atoms with Crippen molar-refractivity contribution in [2.45, 2.75) is 19.9 Å². The van der Waals surface area contributed by atoms with Gasteiger partial charge in [-0.2, -0.15) is 5.10 Å². The summed E-state index contributed by atoms with van der Waals surface area (Å²) < 4.78 is 5.27. The molecule has 0 fully saturated rings. The lowest BCUT2D eigenvalue weighted by atomic mass is 10.1. The zero-order valence-corrected chi connectivity index (χ0v) is 12.8. The molecule has 0 saturated heterocycles. The topological polar surface area (TPSA) is 49.1 Å². The van der Waals surface area contributed by atoms with E-state index in [1.165, 1.54) is 0 Å². The molecule has 0 saturated carbocycles. The Kier molecular flexibility index (Phi) is 3.96. The summed E-state index contributed by atoms with van der Waals surface area (Å²) in [5.74, 6) is 0.749. The molecule has 1 aliphatic heterocycles. The second kappa shape index (κ2) is 6.05. The van der Waals surface area contributed by atoms with E-state index >= 15 is 0 Å². The van der Waals surface area contributed by atoms with Crippen LogP contribution in [-0.4, -0.2) is 30.1 Å². The molecule has 2 heterocycles. The highest BCUT2D eigenvalue weighted by atomic mass is 16.3. The SMILES string of the molecule is CC1=NN(c2ccc(C(=O)N(C)Cc3ccco3)cc2)CC1. The molecule has 0 atom stereocenters. The lowest BCUT2D eigenvalue weighted by molar-refractivity contribution is 0.0775. The Bertz CT molecular complexity index is 674. The number of amides is 1. The van der Waals surface area contributed by atoms with Gasteiger partial charge < -0.3 is 9.32 Å². The van der Waals surface area contributed by atoms with Gasteiger partial charge in [0.1, 0.15) is 5.76 Å². The lowest BCUT2D eigenvalue weighted by Gasteiger charge is -2.17. The number of anilines is 1. The summed E-state index contributed by atoms with van der Waals surface area (Å²) in [5, 5.41) is 6.43. The molecule has 0 spiro atoms. The smallest absolute Gasteiger partial charge is 0.254 e. The maximum Gasteiger partial charge on any atom is 0.254 e. The predicted molar refractivity (Wildman–Crippen MR) is 86.0 cm³/mol. The summed E-state index contributed by atoms with van der Waals surface area (Å²) in [6.45, 7) is 3.39. The molecule has 1 aromatic heterocycles. The molecule has 3 rings (SSSR count). The van der Waals surface area contributed by atoms with Crippen molar-refractivity contribution in [1.82, 2.24) is 4.90 Å². The van der Waals surface area contributed by atoms with Crippen molar-refractivity contribution in [2.24, 2.45) is 5.10 Å². The number of carbonyl (C=O) groups excluding carboxylic acids is 1. The van der Waals surface area contributed by atoms with Crippen LogP contribution >= 0.6 is 0 Å². The van der Waals surface area contributed by atoms with Gasteiger partial charge in [-0.15, -0.1) is 0 Å². The van der Waals surface area contributed by atoms with Gasteiger partial charge in [-0.3, -0.25) is 9.80 Å². The third-order valence-electron chi connectivity index (χ3n) is 3.71. The maximum absolute atomic E-state index is 12.4. The standard InChI is InChI=1S/C17H19N3O2/c1-13-9-10-20(18-13)15-7-5-14(6-8-15)17(21)19(2)12-16-4-3-11-22-16/h3-8,11H,9-10,12H2,1-2H3. The number of hydrogen-bond acceptors (Lipinski definition) is 4. The van der Waals surface area contributed by atoms with Crippen molar-refractivity contribution >= 4 is 17.3 Å². The van der Waals surface area contributed by atoms with E-state index in [-0.39, 0.29) is 5.91 Å². The minimum atomic E-state index is -0.0240. The molecule has 1 aromatic carbocycles. The van der Waals surface area contributed by atoms with Crippen LogP contribution in [0.2, 0.25) is 0 Å². The molecule has 0 unspecified atom stereocenters. The summed E-state index contributed by atoms with van der Waals surface area (Å²) in [5.41, 5.74) is 2.82. The van der Waals surface area contributed by atoms with Gasteiger partial charge in [0.2, 0.25) is 0 Å². The Morgan fingerprint density at radius 1 is 1.32 bits per heavy atom. The van der Waals surface area contributed by atoms with Crippen molar-refractivity contribution in [3.8, 4) is 0 Å². The molecule has 114 valence electrons. The van der Waals surface area contributed by atoms with Gasteiger partial charge in [0, 0.05) is 31.3 Å². The van der Waals surface area contributed by atoms with E-state index < -0.39 is 0 Å². The van der Waals surface area contributed by atoms with E-state index in [4.69, 9.17) is 4.42 Å². The third-order valence-corrected chi connectivity index (χ3v) is 3.71. The fraction of sp³-hybridized carbons (Fsp3) is 0.294. The van der Waals surface area contributed by atoms with E-state index in [0.717, 1.165) is 30.1 Å². The molecule has 1 amide bonds. The number of hydrazone groups is 1. The molecule has 22 heavy (non-hydrogen) atoms. The van der Waals surface area contributed by atoms with Crippen LogP contribution in [0.4, 0.5) is 5.69 Å². The van der Waals surface area contributed by atoms with Crippen molar-refractivity contribution in [3.63, 3.8) is 0 Å². The molecule has 5 heteroatoms. The minimum absolute atomic E-state index is 0.0240. The van der Waals surface area contributed by atoms with Gasteiger partial charge in [-0.1, -0.05) is 0 Å². The first kappa shape index (κ1) is 14.4. The van der Waals surface area contributed by atoms with E-state index in [2.05, 4.69) is 5.10 Å². The van der Waals surface area contributed by atoms with Crippen LogP contribution < -0.4 is 5.01 Å². The average molecular weight is 297 g/mol. The number of furan rings is 1. The van der Waals surface area contributed by atoms with Gasteiger partial charge in [0.15, 0.2) is 0 Å². The number of carbonyl (C=O) groups is 1. The monoisotopic (exact) mass is 297 g/mol. The maximum atomic E-state index is 12.4. The summed E-state index contributed by atoms with van der Waals surface area (Å²) in [7, 11) is 1.77. The van der Waals surface area contributed by atoms with Crippen molar-refractivity contribution in [2.75, 3.05) is 18.6 Å². The Labute approximate surface area is 129 Å². The average Bonchev–Trinajstić information content (AvgIpc) is 3.18. The van der Waals surface area contributed by atoms with Crippen LogP contribution in [-0.2, 0) is 6.54 Å². The fourth-order valence-electron chi connectivity index (χ4n) is 2.47. The van der Waals surface area contributed by atoms with Crippen LogP contribution in [0.5, 0.6) is 0 Å². The minimum Gasteiger partial charge on any atom is -0.467 e. The highest BCUT2D eigenvalue weighted by Gasteiger charge is 2.16. The summed E-state index contributed by atoms with van der Waals surface area (Å²) in [4.78, 5) is 14.0. The number of rotatable bonds is 4. The van der Waals surface area contributed by atoms with Gasteiger partial charge >= 0.3 is 0 Å². The van der Waals surface area contributed by atoms with Gasteiger partial charge in [-0.25, -0.2) is 0 Å². The zero-order chi connectivity index (χ0) is 15.5. The Morgan fingerprint density at radius 2 is 2.09 bits per heavy atom. The van der Waals surface area contributed by atoms with E-state index in [1.54, 1.807) is 18.2 Å². The summed E-state index contributed by atoms with van der Waals surface area (Å²) in [6, 6.07) is 11.3.